The van der Waals surface area contributed by atoms with Crippen LogP contribution in [0.4, 0.5) is 9.18 Å². The van der Waals surface area contributed by atoms with Crippen molar-refractivity contribution in [3.8, 4) is 0 Å². The zero-order valence-corrected chi connectivity index (χ0v) is 15.7. The van der Waals surface area contributed by atoms with Crippen LogP contribution in [0.25, 0.3) is 0 Å². The van der Waals surface area contributed by atoms with Gasteiger partial charge in [-0.3, -0.25) is 23.9 Å². The zero-order valence-electron chi connectivity index (χ0n) is 15.7. The van der Waals surface area contributed by atoms with Gasteiger partial charge in [0.05, 0.1) is 12.7 Å². The summed E-state index contributed by atoms with van der Waals surface area (Å²) in [4.78, 5) is 58.8. The van der Waals surface area contributed by atoms with E-state index in [2.05, 4.69) is 20.1 Å². The van der Waals surface area contributed by atoms with E-state index in [1.54, 1.807) is 4.98 Å². The second kappa shape index (κ2) is 11.0. The van der Waals surface area contributed by atoms with Crippen LogP contribution >= 0.6 is 0 Å². The molecular formula is C17H23FN4O7. The Bertz CT molecular complexity index is 845. The molecule has 0 saturated heterocycles. The number of carbonyl (C=O) groups is 3. The lowest BCUT2D eigenvalue weighted by molar-refractivity contribution is -0.126. The van der Waals surface area contributed by atoms with Crippen molar-refractivity contribution in [3.63, 3.8) is 0 Å². The van der Waals surface area contributed by atoms with E-state index in [-0.39, 0.29) is 43.8 Å². The molecule has 1 aromatic heterocycles. The second-order valence-corrected chi connectivity index (χ2v) is 6.48. The van der Waals surface area contributed by atoms with E-state index < -0.39 is 30.0 Å². The number of halogens is 1. The summed E-state index contributed by atoms with van der Waals surface area (Å²) in [5.41, 5.74) is -2.13. The minimum Gasteiger partial charge on any atom is -0.432 e. The van der Waals surface area contributed by atoms with Crippen LogP contribution < -0.4 is 21.9 Å². The number of nitrogens with zero attached hydrogens (tertiary/aromatic N) is 1. The lowest BCUT2D eigenvalue weighted by Crippen LogP contribution is -2.34. The molecule has 1 heterocycles. The molecule has 160 valence electrons. The molecule has 0 radical (unpaired) electrons. The van der Waals surface area contributed by atoms with Crippen molar-refractivity contribution < 1.29 is 28.2 Å². The maximum absolute atomic E-state index is 13.1. The van der Waals surface area contributed by atoms with Gasteiger partial charge in [0.15, 0.2) is 6.73 Å². The number of hydrogen-bond donors (Lipinski definition) is 3. The summed E-state index contributed by atoms with van der Waals surface area (Å²) in [5, 5.41) is 5.37. The number of aromatic nitrogens is 2. The molecule has 1 fully saturated rings. The first-order chi connectivity index (χ1) is 13.8. The summed E-state index contributed by atoms with van der Waals surface area (Å²) in [7, 11) is 0. The van der Waals surface area contributed by atoms with Crippen molar-refractivity contribution in [3.05, 3.63) is 32.9 Å². The van der Waals surface area contributed by atoms with E-state index in [0.717, 1.165) is 25.7 Å². The minimum atomic E-state index is -1.21. The third-order valence-corrected chi connectivity index (χ3v) is 4.23. The third-order valence-electron chi connectivity index (χ3n) is 4.23. The number of amides is 2. The molecule has 0 atom stereocenters. The molecule has 0 aliphatic heterocycles. The van der Waals surface area contributed by atoms with Crippen LogP contribution in [0.3, 0.4) is 0 Å². The Morgan fingerprint density at radius 3 is 2.55 bits per heavy atom. The van der Waals surface area contributed by atoms with Crippen LogP contribution in [-0.2, 0) is 25.8 Å². The molecule has 3 N–H and O–H groups in total. The number of hydrogen-bond acceptors (Lipinski definition) is 7. The molecule has 1 saturated carbocycles. The molecule has 2 rings (SSSR count). The van der Waals surface area contributed by atoms with E-state index in [1.807, 2.05) is 0 Å². The van der Waals surface area contributed by atoms with Gasteiger partial charge >= 0.3 is 11.8 Å². The smallest absolute Gasteiger partial charge is 0.432 e. The van der Waals surface area contributed by atoms with E-state index in [1.165, 1.54) is 0 Å². The monoisotopic (exact) mass is 414 g/mol. The fourth-order valence-corrected chi connectivity index (χ4v) is 2.75. The Morgan fingerprint density at radius 1 is 1.14 bits per heavy atom. The summed E-state index contributed by atoms with van der Waals surface area (Å²) >= 11 is 0. The molecule has 0 unspecified atom stereocenters. The largest absolute Gasteiger partial charge is 0.510 e. The number of aromatic amines is 1. The van der Waals surface area contributed by atoms with Crippen molar-refractivity contribution >= 4 is 18.0 Å². The van der Waals surface area contributed by atoms with E-state index in [9.17, 15) is 28.4 Å². The topological polar surface area (TPSA) is 149 Å². The van der Waals surface area contributed by atoms with Gasteiger partial charge in [-0.15, -0.1) is 0 Å². The maximum atomic E-state index is 13.1. The van der Waals surface area contributed by atoms with Crippen LogP contribution in [0, 0.1) is 5.82 Å². The Morgan fingerprint density at radius 2 is 1.83 bits per heavy atom. The molecule has 1 aliphatic rings. The molecule has 1 aromatic rings. The van der Waals surface area contributed by atoms with Gasteiger partial charge in [-0.2, -0.15) is 4.39 Å². The highest BCUT2D eigenvalue weighted by atomic mass is 19.1. The van der Waals surface area contributed by atoms with Crippen LogP contribution in [0.5, 0.6) is 0 Å². The predicted molar refractivity (Wildman–Crippen MR) is 96.4 cm³/mol. The zero-order chi connectivity index (χ0) is 21.2. The molecule has 0 bridgehead atoms. The van der Waals surface area contributed by atoms with Gasteiger partial charge in [0, 0.05) is 18.9 Å². The van der Waals surface area contributed by atoms with Gasteiger partial charge in [-0.25, -0.2) is 9.59 Å². The number of rotatable bonds is 9. The Labute approximate surface area is 164 Å². The summed E-state index contributed by atoms with van der Waals surface area (Å²) in [6.45, 7) is -0.854. The molecular weight excluding hydrogens is 391 g/mol. The Hall–Kier alpha value is -3.18. The fraction of sp³-hybridized carbons (Fsp3) is 0.588. The summed E-state index contributed by atoms with van der Waals surface area (Å²) in [6.07, 6.45) is 3.69. The second-order valence-electron chi connectivity index (χ2n) is 6.48. The van der Waals surface area contributed by atoms with Crippen molar-refractivity contribution in [1.29, 1.82) is 0 Å². The van der Waals surface area contributed by atoms with Crippen LogP contribution in [0.15, 0.2) is 15.8 Å². The van der Waals surface area contributed by atoms with Gasteiger partial charge in [-0.05, 0) is 12.8 Å². The van der Waals surface area contributed by atoms with Crippen molar-refractivity contribution in [2.24, 2.45) is 0 Å². The standard InChI is InChI=1S/C17H23FN4O7/c18-12-9-22(16(26)21-15(12)25)10-29-17(27)28-8-7-19-13(23)5-6-14(24)20-11-3-1-2-4-11/h9,11H,1-8,10H2,(H,19,23)(H,20,24)(H,21,25,26). The predicted octanol–water partition coefficient (Wildman–Crippen LogP) is -0.258. The van der Waals surface area contributed by atoms with Crippen LogP contribution in [-0.4, -0.2) is 46.7 Å². The van der Waals surface area contributed by atoms with Gasteiger partial charge < -0.3 is 20.1 Å². The summed E-state index contributed by atoms with van der Waals surface area (Å²) < 4.78 is 23.0. The highest BCUT2D eigenvalue weighted by Gasteiger charge is 2.17. The molecule has 2 amide bonds. The Balaban J connectivity index is 1.56. The quantitative estimate of drug-likeness (QED) is 0.372. The molecule has 11 nitrogen and oxygen atoms in total. The lowest BCUT2D eigenvalue weighted by Gasteiger charge is -2.11. The molecule has 0 spiro atoms. The van der Waals surface area contributed by atoms with Crippen LogP contribution in [0.1, 0.15) is 38.5 Å². The van der Waals surface area contributed by atoms with Crippen molar-refractivity contribution in [2.75, 3.05) is 13.2 Å². The minimum absolute atomic E-state index is 0.00537. The molecule has 29 heavy (non-hydrogen) atoms. The van der Waals surface area contributed by atoms with Crippen molar-refractivity contribution in [2.45, 2.75) is 51.3 Å². The maximum Gasteiger partial charge on any atom is 0.510 e. The van der Waals surface area contributed by atoms with Gasteiger partial charge in [0.1, 0.15) is 6.61 Å². The van der Waals surface area contributed by atoms with Crippen LogP contribution in [0.2, 0.25) is 0 Å². The average molecular weight is 414 g/mol. The van der Waals surface area contributed by atoms with E-state index in [4.69, 9.17) is 0 Å². The summed E-state index contributed by atoms with van der Waals surface area (Å²) in [6, 6.07) is 0.202. The van der Waals surface area contributed by atoms with Crippen molar-refractivity contribution in [1.82, 2.24) is 20.2 Å². The van der Waals surface area contributed by atoms with Gasteiger partial charge in [0.2, 0.25) is 17.6 Å². The highest BCUT2D eigenvalue weighted by Crippen LogP contribution is 2.17. The lowest BCUT2D eigenvalue weighted by atomic mass is 10.2. The number of ether oxygens (including phenoxy) is 2. The first kappa shape index (κ1) is 22.1. The SMILES string of the molecule is O=C(CCC(=O)NC1CCCC1)NCCOC(=O)OCn1cc(F)c(=O)[nH]c1=O. The van der Waals surface area contributed by atoms with Gasteiger partial charge in [0.25, 0.3) is 5.56 Å². The molecule has 1 aliphatic carbocycles. The number of nitrogens with one attached hydrogen (secondary N) is 3. The van der Waals surface area contributed by atoms with E-state index in [0.29, 0.717) is 10.8 Å². The first-order valence-corrected chi connectivity index (χ1v) is 9.20. The molecule has 12 heteroatoms. The van der Waals surface area contributed by atoms with Gasteiger partial charge in [-0.1, -0.05) is 12.8 Å². The summed E-state index contributed by atoms with van der Waals surface area (Å²) in [5.74, 6) is -1.74. The first-order valence-electron chi connectivity index (χ1n) is 9.20. The average Bonchev–Trinajstić information content (AvgIpc) is 3.18. The highest BCUT2D eigenvalue weighted by molar-refractivity contribution is 5.83. The Kier molecular flexibility index (Phi) is 8.37. The fourth-order valence-electron chi connectivity index (χ4n) is 2.75. The normalized spacial score (nSPS) is 13.7. The third kappa shape index (κ3) is 7.76. The number of H-pyrrole nitrogens is 1. The van der Waals surface area contributed by atoms with E-state index >= 15 is 0 Å². The molecule has 0 aromatic carbocycles. The number of carbonyl (C=O) groups excluding carboxylic acids is 3.